The van der Waals surface area contributed by atoms with Crippen molar-refractivity contribution in [1.82, 2.24) is 4.98 Å². The zero-order chi connectivity index (χ0) is 9.97. The van der Waals surface area contributed by atoms with Gasteiger partial charge in [0, 0.05) is 29.9 Å². The molecule has 1 aliphatic carbocycles. The van der Waals surface area contributed by atoms with Crippen molar-refractivity contribution in [2.24, 2.45) is 11.7 Å². The Morgan fingerprint density at radius 3 is 2.93 bits per heavy atom. The summed E-state index contributed by atoms with van der Waals surface area (Å²) in [6.07, 6.45) is 6.03. The molecule has 0 spiro atoms. The van der Waals surface area contributed by atoms with Crippen LogP contribution in [-0.4, -0.2) is 16.8 Å². The maximum absolute atomic E-state index is 11.9. The van der Waals surface area contributed by atoms with E-state index in [-0.39, 0.29) is 17.7 Å². The Balaban J connectivity index is 2.10. The van der Waals surface area contributed by atoms with E-state index in [1.807, 2.05) is 6.07 Å². The standard InChI is InChI=1S/C11H14N2O/c12-10-4-3-8(6-10)11(14)9-2-1-5-13-7-9/h1-2,5,7-8,10H,3-4,6,12H2. The molecule has 1 aliphatic rings. The van der Waals surface area contributed by atoms with E-state index in [0.29, 0.717) is 5.56 Å². The van der Waals surface area contributed by atoms with E-state index in [9.17, 15) is 4.79 Å². The van der Waals surface area contributed by atoms with Crippen molar-refractivity contribution in [3.63, 3.8) is 0 Å². The summed E-state index contributed by atoms with van der Waals surface area (Å²) in [5, 5.41) is 0. The first-order chi connectivity index (χ1) is 6.77. The molecule has 0 aliphatic heterocycles. The number of rotatable bonds is 2. The number of hydrogen-bond donors (Lipinski definition) is 1. The maximum atomic E-state index is 11.9. The van der Waals surface area contributed by atoms with Gasteiger partial charge in [-0.1, -0.05) is 0 Å². The van der Waals surface area contributed by atoms with Gasteiger partial charge in [0.25, 0.3) is 0 Å². The van der Waals surface area contributed by atoms with Gasteiger partial charge in [-0.2, -0.15) is 0 Å². The summed E-state index contributed by atoms with van der Waals surface area (Å²) in [6, 6.07) is 3.82. The summed E-state index contributed by atoms with van der Waals surface area (Å²) in [5.74, 6) is 0.320. The van der Waals surface area contributed by atoms with Crippen molar-refractivity contribution in [3.8, 4) is 0 Å². The smallest absolute Gasteiger partial charge is 0.167 e. The Labute approximate surface area is 83.3 Å². The number of hydrogen-bond acceptors (Lipinski definition) is 3. The molecule has 1 aromatic rings. The molecule has 0 amide bonds. The summed E-state index contributed by atoms with van der Waals surface area (Å²) in [4.78, 5) is 15.8. The second-order valence-corrected chi connectivity index (χ2v) is 3.88. The molecule has 14 heavy (non-hydrogen) atoms. The molecule has 0 radical (unpaired) electrons. The number of nitrogens with zero attached hydrogens (tertiary/aromatic N) is 1. The minimum Gasteiger partial charge on any atom is -0.328 e. The van der Waals surface area contributed by atoms with Gasteiger partial charge in [-0.15, -0.1) is 0 Å². The summed E-state index contributed by atoms with van der Waals surface area (Å²) < 4.78 is 0. The number of carbonyl (C=O) groups is 1. The van der Waals surface area contributed by atoms with Crippen LogP contribution in [0.5, 0.6) is 0 Å². The molecule has 1 fully saturated rings. The Morgan fingerprint density at radius 2 is 2.36 bits per heavy atom. The number of pyridine rings is 1. The molecule has 0 saturated heterocycles. The van der Waals surface area contributed by atoms with E-state index < -0.39 is 0 Å². The van der Waals surface area contributed by atoms with Gasteiger partial charge >= 0.3 is 0 Å². The third kappa shape index (κ3) is 1.82. The number of nitrogens with two attached hydrogens (primary N) is 1. The molecule has 1 saturated carbocycles. The predicted molar refractivity (Wildman–Crippen MR) is 53.9 cm³/mol. The third-order valence-electron chi connectivity index (χ3n) is 2.79. The van der Waals surface area contributed by atoms with Crippen LogP contribution in [0.2, 0.25) is 0 Å². The highest BCUT2D eigenvalue weighted by atomic mass is 16.1. The van der Waals surface area contributed by atoms with Crippen LogP contribution in [0.25, 0.3) is 0 Å². The van der Waals surface area contributed by atoms with Crippen molar-refractivity contribution in [3.05, 3.63) is 30.1 Å². The van der Waals surface area contributed by atoms with Crippen LogP contribution in [0, 0.1) is 5.92 Å². The molecule has 1 heterocycles. The highest BCUT2D eigenvalue weighted by Crippen LogP contribution is 2.27. The van der Waals surface area contributed by atoms with Crippen molar-refractivity contribution in [1.29, 1.82) is 0 Å². The third-order valence-corrected chi connectivity index (χ3v) is 2.79. The molecule has 2 rings (SSSR count). The van der Waals surface area contributed by atoms with Gasteiger partial charge in [-0.05, 0) is 31.4 Å². The van der Waals surface area contributed by atoms with Crippen molar-refractivity contribution in [2.45, 2.75) is 25.3 Å². The van der Waals surface area contributed by atoms with Gasteiger partial charge < -0.3 is 5.73 Å². The van der Waals surface area contributed by atoms with Gasteiger partial charge in [0.1, 0.15) is 0 Å². The lowest BCUT2D eigenvalue weighted by molar-refractivity contribution is 0.0921. The van der Waals surface area contributed by atoms with Gasteiger partial charge in [-0.3, -0.25) is 9.78 Å². The fraction of sp³-hybridized carbons (Fsp3) is 0.455. The SMILES string of the molecule is NC1CCC(C(=O)c2cccnc2)C1. The zero-order valence-electron chi connectivity index (χ0n) is 8.02. The minimum atomic E-state index is 0.120. The topological polar surface area (TPSA) is 56.0 Å². The number of aromatic nitrogens is 1. The molecule has 2 unspecified atom stereocenters. The second-order valence-electron chi connectivity index (χ2n) is 3.88. The average Bonchev–Trinajstić information content (AvgIpc) is 2.65. The monoisotopic (exact) mass is 190 g/mol. The van der Waals surface area contributed by atoms with Crippen LogP contribution < -0.4 is 5.73 Å². The first-order valence-corrected chi connectivity index (χ1v) is 4.97. The quantitative estimate of drug-likeness (QED) is 0.717. The predicted octanol–water partition coefficient (Wildman–Crippen LogP) is 1.39. The van der Waals surface area contributed by atoms with Crippen LogP contribution in [0.1, 0.15) is 29.6 Å². The molecule has 0 aromatic carbocycles. The molecule has 1 aromatic heterocycles. The van der Waals surface area contributed by atoms with Crippen LogP contribution >= 0.6 is 0 Å². The van der Waals surface area contributed by atoms with Gasteiger partial charge in [0.15, 0.2) is 5.78 Å². The van der Waals surface area contributed by atoms with Crippen molar-refractivity contribution >= 4 is 5.78 Å². The van der Waals surface area contributed by atoms with Gasteiger partial charge in [-0.25, -0.2) is 0 Å². The molecular weight excluding hydrogens is 176 g/mol. The zero-order valence-corrected chi connectivity index (χ0v) is 8.02. The molecule has 3 heteroatoms. The molecule has 0 bridgehead atoms. The number of ketones is 1. The summed E-state index contributed by atoms with van der Waals surface area (Å²) in [7, 11) is 0. The van der Waals surface area contributed by atoms with E-state index in [4.69, 9.17) is 5.73 Å². The lowest BCUT2D eigenvalue weighted by atomic mass is 9.97. The normalized spacial score (nSPS) is 26.4. The molecular formula is C11H14N2O. The van der Waals surface area contributed by atoms with Crippen molar-refractivity contribution < 1.29 is 4.79 Å². The summed E-state index contributed by atoms with van der Waals surface area (Å²) in [6.45, 7) is 0. The van der Waals surface area contributed by atoms with Crippen LogP contribution in [-0.2, 0) is 0 Å². The molecule has 74 valence electrons. The number of carbonyl (C=O) groups excluding carboxylic acids is 1. The number of Topliss-reactive ketones (excluding diaryl/α,β-unsaturated/α-hetero) is 1. The Hall–Kier alpha value is -1.22. The fourth-order valence-electron chi connectivity index (χ4n) is 2.00. The lowest BCUT2D eigenvalue weighted by Crippen LogP contribution is -2.18. The largest absolute Gasteiger partial charge is 0.328 e. The van der Waals surface area contributed by atoms with E-state index in [1.54, 1.807) is 18.5 Å². The Bertz CT molecular complexity index is 323. The summed E-state index contributed by atoms with van der Waals surface area (Å²) >= 11 is 0. The maximum Gasteiger partial charge on any atom is 0.167 e. The minimum absolute atomic E-state index is 0.120. The van der Waals surface area contributed by atoms with E-state index >= 15 is 0 Å². The van der Waals surface area contributed by atoms with E-state index in [0.717, 1.165) is 19.3 Å². The average molecular weight is 190 g/mol. The Morgan fingerprint density at radius 1 is 1.50 bits per heavy atom. The van der Waals surface area contributed by atoms with E-state index in [2.05, 4.69) is 4.98 Å². The second kappa shape index (κ2) is 3.88. The van der Waals surface area contributed by atoms with Crippen molar-refractivity contribution in [2.75, 3.05) is 0 Å². The highest BCUT2D eigenvalue weighted by Gasteiger charge is 2.28. The molecule has 2 atom stereocenters. The first-order valence-electron chi connectivity index (χ1n) is 4.97. The van der Waals surface area contributed by atoms with Gasteiger partial charge in [0.05, 0.1) is 0 Å². The van der Waals surface area contributed by atoms with Gasteiger partial charge in [0.2, 0.25) is 0 Å². The molecule has 2 N–H and O–H groups in total. The lowest BCUT2D eigenvalue weighted by Gasteiger charge is -2.07. The van der Waals surface area contributed by atoms with Crippen LogP contribution in [0.15, 0.2) is 24.5 Å². The van der Waals surface area contributed by atoms with E-state index in [1.165, 1.54) is 0 Å². The van der Waals surface area contributed by atoms with Crippen LogP contribution in [0.3, 0.4) is 0 Å². The summed E-state index contributed by atoms with van der Waals surface area (Å²) in [5.41, 5.74) is 6.49. The first kappa shape index (κ1) is 9.34. The molecule has 3 nitrogen and oxygen atoms in total. The highest BCUT2D eigenvalue weighted by molar-refractivity contribution is 5.97. The Kier molecular flexibility index (Phi) is 2.59. The van der Waals surface area contributed by atoms with Crippen LogP contribution in [0.4, 0.5) is 0 Å². The fourth-order valence-corrected chi connectivity index (χ4v) is 2.00.